The topological polar surface area (TPSA) is 29.3 Å². The predicted octanol–water partition coefficient (Wildman–Crippen LogP) is 3.01. The summed E-state index contributed by atoms with van der Waals surface area (Å²) >= 11 is 0. The number of nitrogens with zero attached hydrogens (tertiary/aromatic N) is 1. The highest BCUT2D eigenvalue weighted by molar-refractivity contribution is 4.83. The minimum absolute atomic E-state index is 0.395. The van der Waals surface area contributed by atoms with Crippen LogP contribution in [-0.2, 0) is 0 Å². The fourth-order valence-corrected chi connectivity index (χ4v) is 3.64. The molecule has 0 spiro atoms. The number of likely N-dealkylation sites (tertiary alicyclic amines) is 1. The summed E-state index contributed by atoms with van der Waals surface area (Å²) in [4.78, 5) is 2.76. The summed E-state index contributed by atoms with van der Waals surface area (Å²) < 4.78 is 0. The Labute approximate surface area is 107 Å². The molecule has 0 aromatic carbocycles. The Morgan fingerprint density at radius 3 is 2.35 bits per heavy atom. The lowest BCUT2D eigenvalue weighted by Crippen LogP contribution is -2.44. The number of nitrogens with two attached hydrogens (primary N) is 1. The van der Waals surface area contributed by atoms with Crippen molar-refractivity contribution in [3.05, 3.63) is 0 Å². The molecule has 100 valence electrons. The zero-order chi connectivity index (χ0) is 12.3. The molecular formula is C15H30N2. The van der Waals surface area contributed by atoms with Gasteiger partial charge in [0.2, 0.25) is 0 Å². The van der Waals surface area contributed by atoms with Crippen molar-refractivity contribution in [1.82, 2.24) is 4.90 Å². The van der Waals surface area contributed by atoms with Gasteiger partial charge in [-0.3, -0.25) is 0 Å². The van der Waals surface area contributed by atoms with Crippen LogP contribution in [0.1, 0.15) is 58.8 Å². The zero-order valence-electron chi connectivity index (χ0n) is 11.7. The monoisotopic (exact) mass is 238 g/mol. The average molecular weight is 238 g/mol. The number of hydrogen-bond acceptors (Lipinski definition) is 2. The van der Waals surface area contributed by atoms with Crippen LogP contribution in [0.2, 0.25) is 0 Å². The van der Waals surface area contributed by atoms with Crippen LogP contribution < -0.4 is 5.73 Å². The summed E-state index contributed by atoms with van der Waals surface area (Å²) in [5.74, 6) is 1.73. The smallest absolute Gasteiger partial charge is 0.00953 e. The molecule has 0 aromatic heterocycles. The van der Waals surface area contributed by atoms with Crippen molar-refractivity contribution in [2.45, 2.75) is 70.9 Å². The summed E-state index contributed by atoms with van der Waals surface area (Å²) in [6.07, 6.45) is 9.86. The molecule has 2 rings (SSSR count). The van der Waals surface area contributed by atoms with Crippen LogP contribution in [0.4, 0.5) is 0 Å². The van der Waals surface area contributed by atoms with E-state index in [1.807, 2.05) is 0 Å². The SMILES string of the molecule is CC1CCCC(N2CCC(C(C)N)CC2)CC1. The third-order valence-electron chi connectivity index (χ3n) is 5.06. The molecule has 0 aromatic rings. The Morgan fingerprint density at radius 2 is 1.71 bits per heavy atom. The van der Waals surface area contributed by atoms with Crippen LogP contribution in [0.25, 0.3) is 0 Å². The molecule has 1 saturated heterocycles. The van der Waals surface area contributed by atoms with E-state index in [4.69, 9.17) is 5.73 Å². The van der Waals surface area contributed by atoms with Crippen LogP contribution in [0.3, 0.4) is 0 Å². The Bertz CT molecular complexity index is 219. The molecular weight excluding hydrogens is 208 g/mol. The fourth-order valence-electron chi connectivity index (χ4n) is 3.64. The second-order valence-electron chi connectivity index (χ2n) is 6.50. The van der Waals surface area contributed by atoms with E-state index in [-0.39, 0.29) is 0 Å². The van der Waals surface area contributed by atoms with Gasteiger partial charge in [0.05, 0.1) is 0 Å². The third-order valence-corrected chi connectivity index (χ3v) is 5.06. The number of piperidine rings is 1. The zero-order valence-corrected chi connectivity index (χ0v) is 11.7. The van der Waals surface area contributed by atoms with Gasteiger partial charge in [-0.2, -0.15) is 0 Å². The van der Waals surface area contributed by atoms with E-state index < -0.39 is 0 Å². The van der Waals surface area contributed by atoms with Crippen molar-refractivity contribution in [3.8, 4) is 0 Å². The molecule has 3 atom stereocenters. The molecule has 2 aliphatic rings. The molecule has 0 bridgehead atoms. The summed E-state index contributed by atoms with van der Waals surface area (Å²) in [5, 5.41) is 0. The van der Waals surface area contributed by atoms with E-state index >= 15 is 0 Å². The molecule has 2 N–H and O–H groups in total. The second kappa shape index (κ2) is 6.19. The number of rotatable bonds is 2. The van der Waals surface area contributed by atoms with Crippen LogP contribution in [0, 0.1) is 11.8 Å². The van der Waals surface area contributed by atoms with Gasteiger partial charge in [-0.05, 0) is 64.0 Å². The lowest BCUT2D eigenvalue weighted by Gasteiger charge is -2.38. The summed E-state index contributed by atoms with van der Waals surface area (Å²) in [6.45, 7) is 7.19. The number of hydrogen-bond donors (Lipinski definition) is 1. The van der Waals surface area contributed by atoms with E-state index in [0.29, 0.717) is 6.04 Å². The van der Waals surface area contributed by atoms with Crippen molar-refractivity contribution >= 4 is 0 Å². The average Bonchev–Trinajstić information content (AvgIpc) is 2.54. The lowest BCUT2D eigenvalue weighted by atomic mass is 9.89. The van der Waals surface area contributed by atoms with Crippen LogP contribution in [0.5, 0.6) is 0 Å². The highest BCUT2D eigenvalue weighted by atomic mass is 15.2. The first-order valence-electron chi connectivity index (χ1n) is 7.66. The van der Waals surface area contributed by atoms with Gasteiger partial charge in [-0.15, -0.1) is 0 Å². The Balaban J connectivity index is 1.79. The fraction of sp³-hybridized carbons (Fsp3) is 1.00. The predicted molar refractivity (Wildman–Crippen MR) is 74.0 cm³/mol. The van der Waals surface area contributed by atoms with Crippen molar-refractivity contribution in [2.75, 3.05) is 13.1 Å². The molecule has 2 heteroatoms. The normalized spacial score (nSPS) is 35.5. The summed E-state index contributed by atoms with van der Waals surface area (Å²) in [6, 6.07) is 1.28. The quantitative estimate of drug-likeness (QED) is 0.749. The Kier molecular flexibility index (Phi) is 4.87. The molecule has 1 aliphatic heterocycles. The van der Waals surface area contributed by atoms with Crippen molar-refractivity contribution in [3.63, 3.8) is 0 Å². The van der Waals surface area contributed by atoms with Gasteiger partial charge in [0, 0.05) is 12.1 Å². The van der Waals surface area contributed by atoms with Gasteiger partial charge in [0.1, 0.15) is 0 Å². The Hall–Kier alpha value is -0.0800. The minimum atomic E-state index is 0.395. The molecule has 17 heavy (non-hydrogen) atoms. The minimum Gasteiger partial charge on any atom is -0.328 e. The van der Waals surface area contributed by atoms with E-state index in [1.54, 1.807) is 0 Å². The van der Waals surface area contributed by atoms with Gasteiger partial charge in [0.25, 0.3) is 0 Å². The highest BCUT2D eigenvalue weighted by Crippen LogP contribution is 2.29. The van der Waals surface area contributed by atoms with Gasteiger partial charge in [0.15, 0.2) is 0 Å². The molecule has 2 nitrogen and oxygen atoms in total. The second-order valence-corrected chi connectivity index (χ2v) is 6.50. The first kappa shape index (κ1) is 13.4. The first-order chi connectivity index (χ1) is 8.16. The van der Waals surface area contributed by atoms with Crippen LogP contribution in [-0.4, -0.2) is 30.1 Å². The molecule has 0 radical (unpaired) electrons. The van der Waals surface area contributed by atoms with Gasteiger partial charge >= 0.3 is 0 Å². The standard InChI is InChI=1S/C15H30N2/c1-12-4-3-5-15(7-6-12)17-10-8-14(9-11-17)13(2)16/h12-15H,3-11,16H2,1-2H3. The largest absolute Gasteiger partial charge is 0.328 e. The summed E-state index contributed by atoms with van der Waals surface area (Å²) in [5.41, 5.74) is 6.02. The maximum atomic E-state index is 6.02. The van der Waals surface area contributed by atoms with Crippen molar-refractivity contribution in [2.24, 2.45) is 17.6 Å². The van der Waals surface area contributed by atoms with E-state index in [0.717, 1.165) is 17.9 Å². The van der Waals surface area contributed by atoms with E-state index in [2.05, 4.69) is 18.7 Å². The molecule has 1 heterocycles. The van der Waals surface area contributed by atoms with E-state index in [1.165, 1.54) is 58.0 Å². The first-order valence-corrected chi connectivity index (χ1v) is 7.66. The maximum Gasteiger partial charge on any atom is 0.00953 e. The van der Waals surface area contributed by atoms with Gasteiger partial charge in [-0.25, -0.2) is 0 Å². The van der Waals surface area contributed by atoms with Gasteiger partial charge in [-0.1, -0.05) is 19.8 Å². The molecule has 3 unspecified atom stereocenters. The van der Waals surface area contributed by atoms with Crippen LogP contribution >= 0.6 is 0 Å². The lowest BCUT2D eigenvalue weighted by molar-refractivity contribution is 0.114. The van der Waals surface area contributed by atoms with Crippen LogP contribution in [0.15, 0.2) is 0 Å². The summed E-state index contributed by atoms with van der Waals surface area (Å²) in [7, 11) is 0. The molecule has 0 amide bonds. The molecule has 2 fully saturated rings. The maximum absolute atomic E-state index is 6.02. The van der Waals surface area contributed by atoms with Crippen molar-refractivity contribution < 1.29 is 0 Å². The van der Waals surface area contributed by atoms with Gasteiger partial charge < -0.3 is 10.6 Å². The molecule has 1 aliphatic carbocycles. The Morgan fingerprint density at radius 1 is 1.00 bits per heavy atom. The third kappa shape index (κ3) is 3.69. The highest BCUT2D eigenvalue weighted by Gasteiger charge is 2.27. The van der Waals surface area contributed by atoms with Crippen molar-refractivity contribution in [1.29, 1.82) is 0 Å². The molecule has 1 saturated carbocycles. The van der Waals surface area contributed by atoms with E-state index in [9.17, 15) is 0 Å².